The maximum absolute atomic E-state index is 13.4. The first kappa shape index (κ1) is 13.5. The predicted molar refractivity (Wildman–Crippen MR) is 55.6 cm³/mol. The highest BCUT2D eigenvalue weighted by molar-refractivity contribution is 6.30. The number of pyridine rings is 1. The predicted octanol–water partition coefficient (Wildman–Crippen LogP) is 4.22. The van der Waals surface area contributed by atoms with Crippen molar-refractivity contribution in [3.8, 4) is 11.5 Å². The number of aromatic nitrogens is 1. The quantitative estimate of drug-likeness (QED) is 0.611. The fourth-order valence-corrected chi connectivity index (χ4v) is 1.40. The number of halogens is 6. The van der Waals surface area contributed by atoms with Crippen molar-refractivity contribution in [3.63, 3.8) is 0 Å². The molecule has 0 aliphatic carbocycles. The molecule has 0 unspecified atom stereocenters. The molecule has 2 rings (SSSR count). The van der Waals surface area contributed by atoms with Crippen molar-refractivity contribution >= 4 is 11.6 Å². The Hall–Kier alpha value is -1.89. The van der Waals surface area contributed by atoms with Crippen LogP contribution in [-0.2, 0) is 0 Å². The van der Waals surface area contributed by atoms with Crippen molar-refractivity contribution in [2.24, 2.45) is 0 Å². The number of benzene rings is 1. The molecule has 0 N–H and O–H groups in total. The van der Waals surface area contributed by atoms with Crippen LogP contribution >= 0.6 is 11.6 Å². The largest absolute Gasteiger partial charge is 0.448 e. The first-order valence-electron chi connectivity index (χ1n) is 4.73. The Kier molecular flexibility index (Phi) is 3.57. The van der Waals surface area contributed by atoms with E-state index in [1.165, 1.54) is 6.07 Å². The summed E-state index contributed by atoms with van der Waals surface area (Å²) in [4.78, 5) is 2.33. The van der Waals surface area contributed by atoms with Gasteiger partial charge >= 0.3 is 0 Å². The molecule has 100 valence electrons. The average Bonchev–Trinajstić information content (AvgIpc) is 2.37. The molecule has 2 aromatic rings. The van der Waals surface area contributed by atoms with E-state index < -0.39 is 40.8 Å². The third-order valence-corrected chi connectivity index (χ3v) is 2.38. The lowest BCUT2D eigenvalue weighted by atomic mass is 10.3. The van der Waals surface area contributed by atoms with Crippen LogP contribution in [0.15, 0.2) is 18.2 Å². The molecule has 0 spiro atoms. The normalized spacial score (nSPS) is 10.6. The summed E-state index contributed by atoms with van der Waals surface area (Å²) >= 11 is 5.42. The van der Waals surface area contributed by atoms with Crippen molar-refractivity contribution in [3.05, 3.63) is 52.6 Å². The van der Waals surface area contributed by atoms with Crippen LogP contribution in [0.1, 0.15) is 0 Å². The van der Waals surface area contributed by atoms with E-state index >= 15 is 0 Å². The third kappa shape index (κ3) is 2.46. The van der Waals surface area contributed by atoms with Crippen molar-refractivity contribution in [1.29, 1.82) is 0 Å². The third-order valence-electron chi connectivity index (χ3n) is 2.09. The van der Waals surface area contributed by atoms with Crippen LogP contribution in [0.3, 0.4) is 0 Å². The van der Waals surface area contributed by atoms with Crippen LogP contribution in [0, 0.1) is 29.3 Å². The van der Waals surface area contributed by atoms with Crippen LogP contribution in [0.25, 0.3) is 0 Å². The Morgan fingerprint density at radius 2 is 1.47 bits per heavy atom. The van der Waals surface area contributed by atoms with Crippen LogP contribution < -0.4 is 4.74 Å². The van der Waals surface area contributed by atoms with Gasteiger partial charge in [0.2, 0.25) is 17.4 Å². The molecule has 0 aliphatic rings. The second kappa shape index (κ2) is 5.00. The van der Waals surface area contributed by atoms with E-state index in [9.17, 15) is 22.0 Å². The summed E-state index contributed by atoms with van der Waals surface area (Å²) in [7, 11) is 0. The summed E-state index contributed by atoms with van der Waals surface area (Å²) in [5.74, 6) is -10.8. The monoisotopic (exact) mass is 295 g/mol. The lowest BCUT2D eigenvalue weighted by molar-refractivity contribution is 0.335. The van der Waals surface area contributed by atoms with Crippen LogP contribution in [-0.4, -0.2) is 4.98 Å². The molecule has 8 heteroatoms. The van der Waals surface area contributed by atoms with Crippen molar-refractivity contribution < 1.29 is 26.7 Å². The molecular weight excluding hydrogens is 293 g/mol. The number of nitrogens with zero attached hydrogens (tertiary/aromatic N) is 1. The van der Waals surface area contributed by atoms with E-state index in [0.29, 0.717) is 0 Å². The van der Waals surface area contributed by atoms with Gasteiger partial charge in [0.25, 0.3) is 11.9 Å². The summed E-state index contributed by atoms with van der Waals surface area (Å²) in [6.45, 7) is 0. The van der Waals surface area contributed by atoms with Gasteiger partial charge in [-0.25, -0.2) is 4.39 Å². The van der Waals surface area contributed by atoms with Crippen LogP contribution in [0.4, 0.5) is 22.0 Å². The molecular formula is C11H3ClF5NO. The minimum Gasteiger partial charge on any atom is -0.448 e. The van der Waals surface area contributed by atoms with Crippen LogP contribution in [0.5, 0.6) is 11.5 Å². The standard InChI is InChI=1S/C11H3ClF5NO/c12-4-2-1-3-5(6(4)13)19-9-7(14)10(16)18-11(17)8(9)15/h1-3H. The van der Waals surface area contributed by atoms with E-state index in [4.69, 9.17) is 11.6 Å². The highest BCUT2D eigenvalue weighted by atomic mass is 35.5. The topological polar surface area (TPSA) is 22.1 Å². The smallest absolute Gasteiger partial charge is 0.255 e. The van der Waals surface area contributed by atoms with Gasteiger partial charge in [0, 0.05) is 0 Å². The fraction of sp³-hybridized carbons (Fsp3) is 0. The van der Waals surface area contributed by atoms with Crippen LogP contribution in [0.2, 0.25) is 5.02 Å². The summed E-state index contributed by atoms with van der Waals surface area (Å²) < 4.78 is 70.0. The van der Waals surface area contributed by atoms with Gasteiger partial charge in [-0.05, 0) is 12.1 Å². The van der Waals surface area contributed by atoms with Gasteiger partial charge in [0.1, 0.15) is 0 Å². The molecule has 0 aliphatic heterocycles. The van der Waals surface area contributed by atoms with E-state index in [1.54, 1.807) is 0 Å². The molecule has 0 atom stereocenters. The molecule has 0 bridgehead atoms. The number of hydrogen-bond donors (Lipinski definition) is 0. The Morgan fingerprint density at radius 3 is 2.05 bits per heavy atom. The lowest BCUT2D eigenvalue weighted by Gasteiger charge is -2.09. The van der Waals surface area contributed by atoms with Crippen molar-refractivity contribution in [2.75, 3.05) is 0 Å². The molecule has 0 saturated heterocycles. The van der Waals surface area contributed by atoms with Crippen molar-refractivity contribution in [1.82, 2.24) is 4.98 Å². The summed E-state index contributed by atoms with van der Waals surface area (Å²) in [6.07, 6.45) is 0. The Bertz CT molecular complexity index is 623. The minimum atomic E-state index is -1.91. The Morgan fingerprint density at radius 1 is 0.895 bits per heavy atom. The number of hydrogen-bond acceptors (Lipinski definition) is 2. The lowest BCUT2D eigenvalue weighted by Crippen LogP contribution is -2.03. The molecule has 1 aromatic carbocycles. The van der Waals surface area contributed by atoms with Gasteiger partial charge in [-0.2, -0.15) is 22.5 Å². The molecule has 2 nitrogen and oxygen atoms in total. The van der Waals surface area contributed by atoms with E-state index in [-0.39, 0.29) is 5.02 Å². The molecule has 0 saturated carbocycles. The molecule has 0 fully saturated rings. The maximum Gasteiger partial charge on any atom is 0.255 e. The molecule has 19 heavy (non-hydrogen) atoms. The van der Waals surface area contributed by atoms with Gasteiger partial charge in [0.05, 0.1) is 5.02 Å². The molecule has 1 heterocycles. The first-order valence-corrected chi connectivity index (χ1v) is 5.11. The van der Waals surface area contributed by atoms with Gasteiger partial charge in [-0.1, -0.05) is 17.7 Å². The SMILES string of the molecule is Fc1nc(F)c(F)c(Oc2cccc(Cl)c2F)c1F. The Labute approximate surface area is 108 Å². The molecule has 1 aromatic heterocycles. The second-order valence-electron chi connectivity index (χ2n) is 3.30. The fourth-order valence-electron chi connectivity index (χ4n) is 1.23. The summed E-state index contributed by atoms with van der Waals surface area (Å²) in [6, 6.07) is 3.37. The van der Waals surface area contributed by atoms with Gasteiger partial charge in [-0.3, -0.25) is 0 Å². The number of rotatable bonds is 2. The highest BCUT2D eigenvalue weighted by Crippen LogP contribution is 2.32. The zero-order chi connectivity index (χ0) is 14.2. The molecule has 0 radical (unpaired) electrons. The van der Waals surface area contributed by atoms with E-state index in [2.05, 4.69) is 9.72 Å². The second-order valence-corrected chi connectivity index (χ2v) is 3.71. The zero-order valence-corrected chi connectivity index (χ0v) is 9.61. The van der Waals surface area contributed by atoms with Gasteiger partial charge in [-0.15, -0.1) is 0 Å². The van der Waals surface area contributed by atoms with E-state index in [1.807, 2.05) is 0 Å². The highest BCUT2D eigenvalue weighted by Gasteiger charge is 2.24. The summed E-state index contributed by atoms with van der Waals surface area (Å²) in [5, 5.41) is -0.381. The maximum atomic E-state index is 13.4. The molecule has 0 amide bonds. The van der Waals surface area contributed by atoms with Gasteiger partial charge < -0.3 is 4.74 Å². The average molecular weight is 296 g/mol. The number of ether oxygens (including phenoxy) is 1. The minimum absolute atomic E-state index is 0.381. The summed E-state index contributed by atoms with van der Waals surface area (Å²) in [5.41, 5.74) is 0. The first-order chi connectivity index (χ1) is 8.91. The van der Waals surface area contributed by atoms with Gasteiger partial charge in [0.15, 0.2) is 11.6 Å². The van der Waals surface area contributed by atoms with E-state index in [0.717, 1.165) is 12.1 Å². The van der Waals surface area contributed by atoms with Crippen molar-refractivity contribution in [2.45, 2.75) is 0 Å². The Balaban J connectivity index is 2.52. The zero-order valence-electron chi connectivity index (χ0n) is 8.86.